The number of carbonyl (C=O) groups is 1. The fourth-order valence-corrected chi connectivity index (χ4v) is 5.02. The highest BCUT2D eigenvalue weighted by molar-refractivity contribution is 7.14. The number of thiophene rings is 1. The highest BCUT2D eigenvalue weighted by Gasteiger charge is 2.28. The summed E-state index contributed by atoms with van der Waals surface area (Å²) in [6.07, 6.45) is 2.27. The van der Waals surface area contributed by atoms with Gasteiger partial charge in [0.05, 0.1) is 23.2 Å². The van der Waals surface area contributed by atoms with Crippen LogP contribution in [0.15, 0.2) is 30.3 Å². The van der Waals surface area contributed by atoms with Crippen molar-refractivity contribution in [3.63, 3.8) is 0 Å². The lowest BCUT2D eigenvalue weighted by molar-refractivity contribution is 0.0949. The first kappa shape index (κ1) is 17.5. The van der Waals surface area contributed by atoms with Crippen LogP contribution in [0.2, 0.25) is 0 Å². The number of nitrogens with zero attached hydrogens (tertiary/aromatic N) is 3. The van der Waals surface area contributed by atoms with Gasteiger partial charge in [0.2, 0.25) is 0 Å². The molecule has 1 aliphatic rings. The van der Waals surface area contributed by atoms with Crippen LogP contribution in [0.5, 0.6) is 0 Å². The van der Waals surface area contributed by atoms with Crippen molar-refractivity contribution in [1.29, 1.82) is 0 Å². The van der Waals surface area contributed by atoms with Gasteiger partial charge in [-0.2, -0.15) is 8.75 Å². The van der Waals surface area contributed by atoms with Gasteiger partial charge in [-0.3, -0.25) is 9.69 Å². The predicted octanol–water partition coefficient (Wildman–Crippen LogP) is 2.81. The molecule has 2 aromatic heterocycles. The molecule has 3 heterocycles. The normalized spacial score (nSPS) is 17.8. The Bertz CT molecular complexity index is 907. The standard InChI is InChI=1S/C18H20N4O2S2/c23-9-7-19-18(24)17-6-5-16(25-17)15-2-1-8-22(15)11-12-3-4-13-14(10-12)21-26-20-13/h3-6,10,15,23H,1-2,7-9,11H2,(H,19,24). The van der Waals surface area contributed by atoms with Crippen molar-refractivity contribution in [2.75, 3.05) is 19.7 Å². The molecule has 6 nitrogen and oxygen atoms in total. The lowest BCUT2D eigenvalue weighted by Gasteiger charge is -2.23. The zero-order valence-corrected chi connectivity index (χ0v) is 15.9. The summed E-state index contributed by atoms with van der Waals surface area (Å²) in [6, 6.07) is 10.6. The highest BCUT2D eigenvalue weighted by Crippen LogP contribution is 2.37. The maximum atomic E-state index is 12.1. The van der Waals surface area contributed by atoms with Crippen LogP contribution >= 0.6 is 23.1 Å². The molecule has 1 atom stereocenters. The molecule has 0 saturated carbocycles. The van der Waals surface area contributed by atoms with E-state index in [9.17, 15) is 4.79 Å². The van der Waals surface area contributed by atoms with E-state index in [1.807, 2.05) is 12.1 Å². The van der Waals surface area contributed by atoms with Crippen LogP contribution in [-0.4, -0.2) is 44.4 Å². The minimum absolute atomic E-state index is 0.0424. The van der Waals surface area contributed by atoms with Gasteiger partial charge in [0.25, 0.3) is 5.91 Å². The zero-order valence-electron chi connectivity index (χ0n) is 14.2. The van der Waals surface area contributed by atoms with Crippen LogP contribution in [0.25, 0.3) is 11.0 Å². The molecule has 1 aromatic carbocycles. The lowest BCUT2D eigenvalue weighted by atomic mass is 10.1. The molecule has 0 bridgehead atoms. The third kappa shape index (κ3) is 3.64. The number of aromatic nitrogens is 2. The van der Waals surface area contributed by atoms with E-state index < -0.39 is 0 Å². The molecule has 1 fully saturated rings. The van der Waals surface area contributed by atoms with Crippen LogP contribution in [0, 0.1) is 0 Å². The summed E-state index contributed by atoms with van der Waals surface area (Å²) in [5.74, 6) is -0.110. The van der Waals surface area contributed by atoms with E-state index in [1.54, 1.807) is 11.3 Å². The van der Waals surface area contributed by atoms with Gasteiger partial charge in [-0.25, -0.2) is 0 Å². The third-order valence-corrected chi connectivity index (χ3v) is 6.39. The number of likely N-dealkylation sites (tertiary alicyclic amines) is 1. The monoisotopic (exact) mass is 388 g/mol. The van der Waals surface area contributed by atoms with Crippen LogP contribution in [0.3, 0.4) is 0 Å². The summed E-state index contributed by atoms with van der Waals surface area (Å²) in [6.45, 7) is 2.18. The van der Waals surface area contributed by atoms with Gasteiger partial charge in [-0.05, 0) is 49.2 Å². The fourth-order valence-electron chi connectivity index (χ4n) is 3.41. The topological polar surface area (TPSA) is 78.4 Å². The number of hydrogen-bond acceptors (Lipinski definition) is 7. The van der Waals surface area contributed by atoms with Crippen LogP contribution in [0.1, 0.15) is 39.0 Å². The largest absolute Gasteiger partial charge is 0.395 e. The number of rotatable bonds is 6. The number of aliphatic hydroxyl groups is 1. The fraction of sp³-hybridized carbons (Fsp3) is 0.389. The maximum absolute atomic E-state index is 12.1. The van der Waals surface area contributed by atoms with E-state index in [0.717, 1.165) is 37.0 Å². The number of carbonyl (C=O) groups excluding carboxylic acids is 1. The average Bonchev–Trinajstić information content (AvgIpc) is 3.38. The Morgan fingerprint density at radius 3 is 3.04 bits per heavy atom. The van der Waals surface area contributed by atoms with Crippen molar-refractivity contribution in [2.45, 2.75) is 25.4 Å². The molecule has 1 aliphatic heterocycles. The minimum Gasteiger partial charge on any atom is -0.395 e. The molecule has 0 radical (unpaired) electrons. The number of benzene rings is 1. The molecule has 1 saturated heterocycles. The molecule has 26 heavy (non-hydrogen) atoms. The molecule has 0 aliphatic carbocycles. The number of aliphatic hydroxyl groups excluding tert-OH is 1. The Balaban J connectivity index is 1.47. The molecule has 8 heteroatoms. The van der Waals surface area contributed by atoms with Crippen molar-refractivity contribution >= 4 is 40.0 Å². The summed E-state index contributed by atoms with van der Waals surface area (Å²) >= 11 is 2.80. The first-order valence-electron chi connectivity index (χ1n) is 8.68. The van der Waals surface area contributed by atoms with Gasteiger partial charge in [0.1, 0.15) is 11.0 Å². The van der Waals surface area contributed by atoms with E-state index in [4.69, 9.17) is 5.11 Å². The van der Waals surface area contributed by atoms with Crippen LogP contribution in [0.4, 0.5) is 0 Å². The third-order valence-electron chi connectivity index (χ3n) is 4.64. The molecule has 1 amide bonds. The predicted molar refractivity (Wildman–Crippen MR) is 104 cm³/mol. The SMILES string of the molecule is O=C(NCCO)c1ccc(C2CCCN2Cc2ccc3nsnc3c2)s1. The Hall–Kier alpha value is -1.87. The molecular weight excluding hydrogens is 368 g/mol. The summed E-state index contributed by atoms with van der Waals surface area (Å²) < 4.78 is 8.59. The zero-order chi connectivity index (χ0) is 17.9. The van der Waals surface area contributed by atoms with E-state index in [0.29, 0.717) is 10.9 Å². The Morgan fingerprint density at radius 2 is 2.15 bits per heavy atom. The molecule has 2 N–H and O–H groups in total. The van der Waals surface area contributed by atoms with Gasteiger partial charge in [0.15, 0.2) is 0 Å². The quantitative estimate of drug-likeness (QED) is 0.679. The Kier molecular flexibility index (Phi) is 5.26. The summed E-state index contributed by atoms with van der Waals surface area (Å²) in [7, 11) is 0. The number of nitrogens with one attached hydrogen (secondary N) is 1. The second-order valence-corrected chi connectivity index (χ2v) is 8.04. The van der Waals surface area contributed by atoms with Gasteiger partial charge in [-0.1, -0.05) is 6.07 Å². The van der Waals surface area contributed by atoms with Gasteiger partial charge >= 0.3 is 0 Å². The van der Waals surface area contributed by atoms with Gasteiger partial charge < -0.3 is 10.4 Å². The van der Waals surface area contributed by atoms with Crippen molar-refractivity contribution in [1.82, 2.24) is 19.0 Å². The molecule has 136 valence electrons. The lowest BCUT2D eigenvalue weighted by Crippen LogP contribution is -2.25. The molecule has 0 spiro atoms. The highest BCUT2D eigenvalue weighted by atomic mass is 32.1. The van der Waals surface area contributed by atoms with E-state index in [2.05, 4.69) is 37.2 Å². The second-order valence-electron chi connectivity index (χ2n) is 6.40. The average molecular weight is 389 g/mol. The van der Waals surface area contributed by atoms with Gasteiger partial charge in [-0.15, -0.1) is 11.3 Å². The molecule has 1 unspecified atom stereocenters. The van der Waals surface area contributed by atoms with E-state index in [1.165, 1.54) is 22.2 Å². The van der Waals surface area contributed by atoms with E-state index in [-0.39, 0.29) is 19.1 Å². The van der Waals surface area contributed by atoms with Crippen molar-refractivity contribution in [3.05, 3.63) is 45.6 Å². The summed E-state index contributed by atoms with van der Waals surface area (Å²) in [5, 5.41) is 11.6. The van der Waals surface area contributed by atoms with Crippen molar-refractivity contribution in [2.24, 2.45) is 0 Å². The molecule has 4 rings (SSSR count). The molecular formula is C18H20N4O2S2. The second kappa shape index (κ2) is 7.79. The Labute approximate surface area is 159 Å². The molecule has 3 aromatic rings. The number of hydrogen-bond donors (Lipinski definition) is 2. The maximum Gasteiger partial charge on any atom is 0.261 e. The minimum atomic E-state index is -0.110. The van der Waals surface area contributed by atoms with Crippen LogP contribution in [-0.2, 0) is 6.54 Å². The Morgan fingerprint density at radius 1 is 1.27 bits per heavy atom. The van der Waals surface area contributed by atoms with Crippen molar-refractivity contribution < 1.29 is 9.90 Å². The first-order valence-corrected chi connectivity index (χ1v) is 10.2. The smallest absolute Gasteiger partial charge is 0.261 e. The number of fused-ring (bicyclic) bond motifs is 1. The summed E-state index contributed by atoms with van der Waals surface area (Å²) in [4.78, 5) is 16.5. The summed E-state index contributed by atoms with van der Waals surface area (Å²) in [5.41, 5.74) is 3.16. The number of amides is 1. The van der Waals surface area contributed by atoms with E-state index >= 15 is 0 Å². The van der Waals surface area contributed by atoms with Crippen molar-refractivity contribution in [3.8, 4) is 0 Å². The van der Waals surface area contributed by atoms with Crippen LogP contribution < -0.4 is 5.32 Å². The first-order chi connectivity index (χ1) is 12.7. The van der Waals surface area contributed by atoms with Gasteiger partial charge in [0, 0.05) is 24.0 Å².